The number of fused-ring (bicyclic) bond motifs is 1. The van der Waals surface area contributed by atoms with Crippen LogP contribution in [0.2, 0.25) is 5.02 Å². The van der Waals surface area contributed by atoms with Gasteiger partial charge in [0.1, 0.15) is 5.82 Å². The molecule has 0 aromatic carbocycles. The second-order valence-corrected chi connectivity index (χ2v) is 6.15. The lowest BCUT2D eigenvalue weighted by molar-refractivity contribution is 0.0697. The maximum atomic E-state index is 11.1. The molecule has 20 heavy (non-hydrogen) atoms. The zero-order chi connectivity index (χ0) is 14.1. The fourth-order valence-electron chi connectivity index (χ4n) is 2.50. The maximum absolute atomic E-state index is 11.1. The van der Waals surface area contributed by atoms with Crippen LogP contribution in [0.25, 0.3) is 0 Å². The average molecular weight is 309 g/mol. The average Bonchev–Trinajstić information content (AvgIpc) is 2.90. The Morgan fingerprint density at radius 1 is 1.55 bits per heavy atom. The number of aromatic carboxylic acids is 1. The second kappa shape index (κ2) is 5.42. The first-order chi connectivity index (χ1) is 9.65. The van der Waals surface area contributed by atoms with Crippen molar-refractivity contribution in [3.05, 3.63) is 44.7 Å². The fourth-order valence-corrected chi connectivity index (χ4v) is 3.67. The maximum Gasteiger partial charge on any atom is 0.337 e. The minimum atomic E-state index is -1.04. The zero-order valence-electron chi connectivity index (χ0n) is 10.6. The summed E-state index contributed by atoms with van der Waals surface area (Å²) in [5, 5.41) is 14.7. The minimum absolute atomic E-state index is 0.0746. The van der Waals surface area contributed by atoms with Crippen LogP contribution in [0.1, 0.15) is 39.7 Å². The van der Waals surface area contributed by atoms with Crippen LogP contribution in [0.4, 0.5) is 5.82 Å². The molecule has 0 radical (unpaired) electrons. The van der Waals surface area contributed by atoms with Gasteiger partial charge in [0.15, 0.2) is 0 Å². The first kappa shape index (κ1) is 13.4. The van der Waals surface area contributed by atoms with Crippen LogP contribution < -0.4 is 5.32 Å². The van der Waals surface area contributed by atoms with E-state index in [0.717, 1.165) is 19.3 Å². The molecule has 2 aromatic rings. The van der Waals surface area contributed by atoms with Gasteiger partial charge >= 0.3 is 5.97 Å². The molecular weight excluding hydrogens is 296 g/mol. The Bertz CT molecular complexity index is 656. The zero-order valence-corrected chi connectivity index (χ0v) is 12.2. The van der Waals surface area contributed by atoms with Crippen LogP contribution >= 0.6 is 22.9 Å². The van der Waals surface area contributed by atoms with Crippen LogP contribution in [0, 0.1) is 0 Å². The Morgan fingerprint density at radius 3 is 3.20 bits per heavy atom. The van der Waals surface area contributed by atoms with Gasteiger partial charge in [-0.2, -0.15) is 0 Å². The van der Waals surface area contributed by atoms with Crippen LogP contribution in [0.5, 0.6) is 0 Å². The monoisotopic (exact) mass is 308 g/mol. The molecule has 6 heteroatoms. The smallest absolute Gasteiger partial charge is 0.337 e. The quantitative estimate of drug-likeness (QED) is 0.900. The topological polar surface area (TPSA) is 62.2 Å². The summed E-state index contributed by atoms with van der Waals surface area (Å²) >= 11 is 7.60. The molecule has 1 aliphatic rings. The van der Waals surface area contributed by atoms with Gasteiger partial charge in [0.05, 0.1) is 16.6 Å². The van der Waals surface area contributed by atoms with Crippen LogP contribution in [0.3, 0.4) is 0 Å². The predicted molar refractivity (Wildman–Crippen MR) is 79.8 cm³/mol. The van der Waals surface area contributed by atoms with Gasteiger partial charge in [0.2, 0.25) is 0 Å². The third-order valence-electron chi connectivity index (χ3n) is 3.46. The normalized spacial score (nSPS) is 17.6. The van der Waals surface area contributed by atoms with Crippen molar-refractivity contribution in [1.82, 2.24) is 4.98 Å². The van der Waals surface area contributed by atoms with E-state index in [1.165, 1.54) is 22.7 Å². The van der Waals surface area contributed by atoms with Crippen LogP contribution in [-0.4, -0.2) is 16.1 Å². The van der Waals surface area contributed by atoms with Gasteiger partial charge in [-0.15, -0.1) is 11.3 Å². The molecule has 0 bridgehead atoms. The molecule has 0 saturated carbocycles. The van der Waals surface area contributed by atoms with Crippen molar-refractivity contribution in [2.45, 2.75) is 25.3 Å². The molecule has 0 amide bonds. The highest BCUT2D eigenvalue weighted by molar-refractivity contribution is 7.10. The molecule has 104 valence electrons. The molecule has 0 spiro atoms. The van der Waals surface area contributed by atoms with E-state index < -0.39 is 5.97 Å². The molecule has 1 atom stereocenters. The van der Waals surface area contributed by atoms with E-state index in [9.17, 15) is 4.79 Å². The van der Waals surface area contributed by atoms with Crippen molar-refractivity contribution < 1.29 is 9.90 Å². The number of carboxylic acid groups (broad SMARTS) is 1. The number of carbonyl (C=O) groups is 1. The SMILES string of the molecule is O=C(O)c1cc(NC2CCCc3sccc32)ncc1Cl. The standard InChI is InChI=1S/C14H13ClN2O2S/c15-10-7-16-13(6-9(10)14(18)19)17-11-2-1-3-12-8(11)4-5-20-12/h4-7,11H,1-3H2,(H,16,17)(H,18,19). The van der Waals surface area contributed by atoms with E-state index in [1.807, 2.05) is 0 Å². The van der Waals surface area contributed by atoms with E-state index in [-0.39, 0.29) is 16.6 Å². The van der Waals surface area contributed by atoms with Crippen LogP contribution in [-0.2, 0) is 6.42 Å². The minimum Gasteiger partial charge on any atom is -0.478 e. The fraction of sp³-hybridized carbons (Fsp3) is 0.286. The Kier molecular flexibility index (Phi) is 3.63. The molecule has 4 nitrogen and oxygen atoms in total. The van der Waals surface area contributed by atoms with Crippen molar-refractivity contribution in [1.29, 1.82) is 0 Å². The Hall–Kier alpha value is -1.59. The number of nitrogens with one attached hydrogen (secondary N) is 1. The molecule has 1 unspecified atom stereocenters. The van der Waals surface area contributed by atoms with E-state index >= 15 is 0 Å². The van der Waals surface area contributed by atoms with Gasteiger partial charge in [-0.25, -0.2) is 9.78 Å². The van der Waals surface area contributed by atoms with Gasteiger partial charge in [0.25, 0.3) is 0 Å². The van der Waals surface area contributed by atoms with Gasteiger partial charge in [-0.05, 0) is 42.3 Å². The summed E-state index contributed by atoms with van der Waals surface area (Å²) in [7, 11) is 0. The lowest BCUT2D eigenvalue weighted by Crippen LogP contribution is -2.16. The second-order valence-electron chi connectivity index (χ2n) is 4.74. The highest BCUT2D eigenvalue weighted by Crippen LogP contribution is 2.35. The van der Waals surface area contributed by atoms with Crippen molar-refractivity contribution in [2.24, 2.45) is 0 Å². The highest BCUT2D eigenvalue weighted by Gasteiger charge is 2.22. The number of anilines is 1. The number of hydrogen-bond donors (Lipinski definition) is 2. The van der Waals surface area contributed by atoms with Gasteiger partial charge in [-0.3, -0.25) is 0 Å². The van der Waals surface area contributed by atoms with Crippen LogP contribution in [0.15, 0.2) is 23.7 Å². The number of aryl methyl sites for hydroxylation is 1. The molecule has 0 saturated heterocycles. The highest BCUT2D eigenvalue weighted by atomic mass is 35.5. The number of pyridine rings is 1. The van der Waals surface area contributed by atoms with Crippen molar-refractivity contribution in [2.75, 3.05) is 5.32 Å². The third-order valence-corrected chi connectivity index (χ3v) is 4.76. The largest absolute Gasteiger partial charge is 0.478 e. The number of nitrogens with zero attached hydrogens (tertiary/aromatic N) is 1. The van der Waals surface area contributed by atoms with E-state index in [4.69, 9.17) is 16.7 Å². The molecular formula is C14H13ClN2O2S. The Balaban J connectivity index is 1.86. The first-order valence-electron chi connectivity index (χ1n) is 6.37. The summed E-state index contributed by atoms with van der Waals surface area (Å²) in [4.78, 5) is 16.7. The lowest BCUT2D eigenvalue weighted by atomic mass is 9.94. The molecule has 2 N–H and O–H groups in total. The molecule has 2 heterocycles. The van der Waals surface area contributed by atoms with Crippen molar-refractivity contribution in [3.63, 3.8) is 0 Å². The summed E-state index contributed by atoms with van der Waals surface area (Å²) in [6.45, 7) is 0. The van der Waals surface area contributed by atoms with Crippen molar-refractivity contribution in [3.8, 4) is 0 Å². The molecule has 2 aromatic heterocycles. The summed E-state index contributed by atoms with van der Waals surface area (Å²) < 4.78 is 0. The van der Waals surface area contributed by atoms with E-state index in [2.05, 4.69) is 21.7 Å². The number of hydrogen-bond acceptors (Lipinski definition) is 4. The lowest BCUT2D eigenvalue weighted by Gasteiger charge is -2.24. The molecule has 0 aliphatic heterocycles. The first-order valence-corrected chi connectivity index (χ1v) is 7.62. The summed E-state index contributed by atoms with van der Waals surface area (Å²) in [6.07, 6.45) is 4.66. The molecule has 1 aliphatic carbocycles. The number of halogens is 1. The van der Waals surface area contributed by atoms with Crippen molar-refractivity contribution >= 4 is 34.7 Å². The number of aromatic nitrogens is 1. The molecule has 3 rings (SSSR count). The summed E-state index contributed by atoms with van der Waals surface area (Å²) in [6, 6.07) is 3.82. The number of thiophene rings is 1. The Morgan fingerprint density at radius 2 is 2.40 bits per heavy atom. The summed E-state index contributed by atoms with van der Waals surface area (Å²) in [5.74, 6) is -0.490. The number of rotatable bonds is 3. The predicted octanol–water partition coefficient (Wildman–Crippen LogP) is 3.98. The number of carboxylic acids is 1. The Labute approximate surface area is 125 Å². The third kappa shape index (κ3) is 2.51. The van der Waals surface area contributed by atoms with Gasteiger partial charge in [0, 0.05) is 11.1 Å². The molecule has 0 fully saturated rings. The summed E-state index contributed by atoms with van der Waals surface area (Å²) in [5.41, 5.74) is 1.38. The van der Waals surface area contributed by atoms with E-state index in [1.54, 1.807) is 11.3 Å². The van der Waals surface area contributed by atoms with E-state index in [0.29, 0.717) is 5.82 Å². The van der Waals surface area contributed by atoms with Gasteiger partial charge < -0.3 is 10.4 Å². The van der Waals surface area contributed by atoms with Gasteiger partial charge in [-0.1, -0.05) is 11.6 Å².